The molecule has 4 rings (SSSR count). The number of hydrogen-bond acceptors (Lipinski definition) is 4. The third-order valence-corrected chi connectivity index (χ3v) is 6.67. The fraction of sp³-hybridized carbons (Fsp3) is 0.263. The lowest BCUT2D eigenvalue weighted by atomic mass is 10.1. The average molecular weight is 339 g/mol. The van der Waals surface area contributed by atoms with E-state index in [1.807, 2.05) is 18.2 Å². The van der Waals surface area contributed by atoms with Crippen LogP contribution in [-0.2, 0) is 10.5 Å². The quantitative estimate of drug-likeness (QED) is 0.805. The standard InChI is InChI=1S/C19H17NOS2/c1-13-7-9-15(10-8-13)16-11-19(16)17(21)23-18(20-19)22-12-14-5-3-2-4-6-14/h2-10,16H,11-12H2,1H3/t16-,19-/m1/s1. The van der Waals surface area contributed by atoms with E-state index in [1.54, 1.807) is 11.8 Å². The fourth-order valence-electron chi connectivity index (χ4n) is 2.97. The predicted octanol–water partition coefficient (Wildman–Crippen LogP) is 4.78. The van der Waals surface area contributed by atoms with Crippen LogP contribution in [0.1, 0.15) is 29.0 Å². The van der Waals surface area contributed by atoms with Gasteiger partial charge in [-0.2, -0.15) is 0 Å². The van der Waals surface area contributed by atoms with E-state index < -0.39 is 5.54 Å². The molecule has 0 radical (unpaired) electrons. The second kappa shape index (κ2) is 5.84. The summed E-state index contributed by atoms with van der Waals surface area (Å²) in [5.74, 6) is 1.13. The Morgan fingerprint density at radius 2 is 1.91 bits per heavy atom. The number of carbonyl (C=O) groups excluding carboxylic acids is 1. The molecule has 0 unspecified atom stereocenters. The van der Waals surface area contributed by atoms with E-state index in [4.69, 9.17) is 4.99 Å². The highest BCUT2D eigenvalue weighted by molar-refractivity contribution is 8.45. The average Bonchev–Trinajstić information content (AvgIpc) is 3.20. The van der Waals surface area contributed by atoms with Crippen molar-refractivity contribution < 1.29 is 4.79 Å². The molecule has 2 nitrogen and oxygen atoms in total. The molecule has 0 N–H and O–H groups in total. The van der Waals surface area contributed by atoms with Gasteiger partial charge in [0.25, 0.3) is 0 Å². The third-order valence-electron chi connectivity index (χ3n) is 4.44. The highest BCUT2D eigenvalue weighted by atomic mass is 32.2. The minimum absolute atomic E-state index is 0.221. The van der Waals surface area contributed by atoms with Gasteiger partial charge >= 0.3 is 0 Å². The number of aliphatic imine (C=N–C) groups is 1. The van der Waals surface area contributed by atoms with Crippen LogP contribution in [0, 0.1) is 6.92 Å². The lowest BCUT2D eigenvalue weighted by Crippen LogP contribution is -2.14. The van der Waals surface area contributed by atoms with Crippen LogP contribution in [0.15, 0.2) is 59.6 Å². The molecule has 1 saturated carbocycles. The second-order valence-corrected chi connectivity index (χ2v) is 8.32. The van der Waals surface area contributed by atoms with Crippen LogP contribution in [-0.4, -0.2) is 15.0 Å². The van der Waals surface area contributed by atoms with Crippen LogP contribution in [0.4, 0.5) is 0 Å². The molecule has 2 aliphatic rings. The van der Waals surface area contributed by atoms with Crippen molar-refractivity contribution in [2.75, 3.05) is 0 Å². The molecular formula is C19H17NOS2. The first-order valence-corrected chi connectivity index (χ1v) is 9.53. The zero-order chi connectivity index (χ0) is 15.9. The summed E-state index contributed by atoms with van der Waals surface area (Å²) in [5.41, 5.74) is 3.28. The fourth-order valence-corrected chi connectivity index (χ4v) is 5.14. The lowest BCUT2D eigenvalue weighted by molar-refractivity contribution is -0.112. The summed E-state index contributed by atoms with van der Waals surface area (Å²) in [6, 6.07) is 18.8. The summed E-state index contributed by atoms with van der Waals surface area (Å²) >= 11 is 3.00. The molecule has 2 atom stereocenters. The topological polar surface area (TPSA) is 29.4 Å². The van der Waals surface area contributed by atoms with Crippen molar-refractivity contribution in [3.63, 3.8) is 0 Å². The minimum atomic E-state index is -0.473. The highest BCUT2D eigenvalue weighted by Gasteiger charge is 2.63. The van der Waals surface area contributed by atoms with Crippen molar-refractivity contribution in [3.05, 3.63) is 71.3 Å². The molecule has 23 heavy (non-hydrogen) atoms. The Bertz CT molecular complexity index is 770. The molecule has 1 aliphatic heterocycles. The van der Waals surface area contributed by atoms with E-state index in [2.05, 4.69) is 43.3 Å². The molecule has 4 heteroatoms. The van der Waals surface area contributed by atoms with Gasteiger partial charge in [0.1, 0.15) is 9.91 Å². The first-order chi connectivity index (χ1) is 11.2. The van der Waals surface area contributed by atoms with Gasteiger partial charge in [-0.05, 0) is 36.2 Å². The zero-order valence-electron chi connectivity index (χ0n) is 12.9. The monoisotopic (exact) mass is 339 g/mol. The number of thioether (sulfide) groups is 2. The largest absolute Gasteiger partial charge is 0.284 e. The molecule has 1 aliphatic carbocycles. The number of rotatable bonds is 3. The highest BCUT2D eigenvalue weighted by Crippen LogP contribution is 2.60. The van der Waals surface area contributed by atoms with E-state index in [1.165, 1.54) is 28.5 Å². The molecule has 0 aromatic heterocycles. The molecule has 0 saturated heterocycles. The third kappa shape index (κ3) is 2.86. The van der Waals surface area contributed by atoms with Crippen LogP contribution in [0.2, 0.25) is 0 Å². The Balaban J connectivity index is 1.47. The second-order valence-electron chi connectivity index (χ2n) is 6.13. The van der Waals surface area contributed by atoms with Crippen LogP contribution in [0.3, 0.4) is 0 Å². The van der Waals surface area contributed by atoms with E-state index in [9.17, 15) is 4.79 Å². The number of hydrogen-bond donors (Lipinski definition) is 0. The molecule has 1 fully saturated rings. The normalized spacial score (nSPS) is 25.7. The Labute approximate surface area is 144 Å². The van der Waals surface area contributed by atoms with E-state index in [0.717, 1.165) is 16.5 Å². The van der Waals surface area contributed by atoms with Crippen molar-refractivity contribution in [3.8, 4) is 0 Å². The van der Waals surface area contributed by atoms with Gasteiger partial charge in [-0.15, -0.1) is 0 Å². The molecule has 0 amide bonds. The predicted molar refractivity (Wildman–Crippen MR) is 99.0 cm³/mol. The molecule has 1 heterocycles. The summed E-state index contributed by atoms with van der Waals surface area (Å²) < 4.78 is 0.925. The molecule has 2 aromatic rings. The van der Waals surface area contributed by atoms with Crippen LogP contribution in [0.25, 0.3) is 0 Å². The van der Waals surface area contributed by atoms with Gasteiger partial charge < -0.3 is 0 Å². The van der Waals surface area contributed by atoms with E-state index >= 15 is 0 Å². The summed E-state index contributed by atoms with van der Waals surface area (Å²) in [6.45, 7) is 2.08. The van der Waals surface area contributed by atoms with Crippen molar-refractivity contribution in [1.82, 2.24) is 0 Å². The van der Waals surface area contributed by atoms with Crippen LogP contribution >= 0.6 is 23.5 Å². The molecule has 2 aromatic carbocycles. The zero-order valence-corrected chi connectivity index (χ0v) is 14.5. The van der Waals surface area contributed by atoms with Gasteiger partial charge in [0.05, 0.1) is 0 Å². The molecule has 1 spiro atoms. The first kappa shape index (κ1) is 15.0. The van der Waals surface area contributed by atoms with E-state index in [-0.39, 0.29) is 11.0 Å². The van der Waals surface area contributed by atoms with Gasteiger partial charge in [-0.3, -0.25) is 9.79 Å². The Hall–Kier alpha value is -1.52. The maximum Gasteiger partial charge on any atom is 0.223 e. The van der Waals surface area contributed by atoms with Crippen molar-refractivity contribution in [2.45, 2.75) is 30.6 Å². The van der Waals surface area contributed by atoms with Gasteiger partial charge in [0.15, 0.2) is 0 Å². The Kier molecular flexibility index (Phi) is 3.82. The number of carbonyl (C=O) groups is 1. The SMILES string of the molecule is Cc1ccc([C@H]2C[C@@]23N=C(SCc2ccccc2)SC3=O)cc1. The van der Waals surface area contributed by atoms with Crippen LogP contribution < -0.4 is 0 Å². The van der Waals surface area contributed by atoms with Gasteiger partial charge in [0, 0.05) is 11.7 Å². The van der Waals surface area contributed by atoms with Crippen molar-refractivity contribution in [1.29, 1.82) is 0 Å². The molecule has 116 valence electrons. The van der Waals surface area contributed by atoms with Gasteiger partial charge in [0.2, 0.25) is 5.12 Å². The summed E-state index contributed by atoms with van der Waals surface area (Å²) in [5, 5.41) is 0.221. The first-order valence-electron chi connectivity index (χ1n) is 7.73. The Morgan fingerprint density at radius 3 is 2.65 bits per heavy atom. The Morgan fingerprint density at radius 1 is 1.17 bits per heavy atom. The van der Waals surface area contributed by atoms with Crippen molar-refractivity contribution >= 4 is 33.0 Å². The van der Waals surface area contributed by atoms with E-state index in [0.29, 0.717) is 0 Å². The summed E-state index contributed by atoms with van der Waals surface area (Å²) in [4.78, 5) is 17.3. The summed E-state index contributed by atoms with van der Waals surface area (Å²) in [7, 11) is 0. The minimum Gasteiger partial charge on any atom is -0.284 e. The maximum atomic E-state index is 12.5. The maximum absolute atomic E-state index is 12.5. The number of nitrogens with zero attached hydrogens (tertiary/aromatic N) is 1. The molecular weight excluding hydrogens is 322 g/mol. The smallest absolute Gasteiger partial charge is 0.223 e. The van der Waals surface area contributed by atoms with Crippen LogP contribution in [0.5, 0.6) is 0 Å². The van der Waals surface area contributed by atoms with Gasteiger partial charge in [-0.1, -0.05) is 71.9 Å². The molecule has 0 bridgehead atoms. The lowest BCUT2D eigenvalue weighted by Gasteiger charge is -2.04. The van der Waals surface area contributed by atoms with Gasteiger partial charge in [-0.25, -0.2) is 0 Å². The number of benzene rings is 2. The summed E-state index contributed by atoms with van der Waals surface area (Å²) in [6.07, 6.45) is 0.858. The number of aryl methyl sites for hydroxylation is 1. The van der Waals surface area contributed by atoms with Crippen molar-refractivity contribution in [2.24, 2.45) is 4.99 Å².